The van der Waals surface area contributed by atoms with Crippen LogP contribution < -0.4 is 5.43 Å². The number of non-ortho nitro benzene ring substituents is 1. The molecule has 162 valence electrons. The van der Waals surface area contributed by atoms with Crippen molar-refractivity contribution in [2.45, 2.75) is 27.7 Å². The molecule has 32 heavy (non-hydrogen) atoms. The molecule has 0 aliphatic carbocycles. The zero-order valence-corrected chi connectivity index (χ0v) is 19.0. The molecular weight excluding hydrogens is 424 g/mol. The third-order valence-corrected chi connectivity index (χ3v) is 6.64. The Hall–Kier alpha value is -3.78. The highest BCUT2D eigenvalue weighted by Crippen LogP contribution is 2.29. The number of nitro benzene ring substituents is 1. The van der Waals surface area contributed by atoms with E-state index in [1.807, 2.05) is 19.9 Å². The van der Waals surface area contributed by atoms with Crippen LogP contribution in [-0.4, -0.2) is 21.6 Å². The molecule has 0 aliphatic heterocycles. The van der Waals surface area contributed by atoms with Gasteiger partial charge in [-0.3, -0.25) is 14.9 Å². The smallest absolute Gasteiger partial charge is 0.281 e. The summed E-state index contributed by atoms with van der Waals surface area (Å²) in [5.74, 6) is -0.354. The van der Waals surface area contributed by atoms with Gasteiger partial charge in [-0.05, 0) is 69.2 Å². The van der Waals surface area contributed by atoms with E-state index >= 15 is 0 Å². The lowest BCUT2D eigenvalue weighted by atomic mass is 10.1. The van der Waals surface area contributed by atoms with Gasteiger partial charge in [0.05, 0.1) is 16.0 Å². The van der Waals surface area contributed by atoms with Gasteiger partial charge >= 0.3 is 0 Å². The number of amides is 1. The van der Waals surface area contributed by atoms with E-state index in [0.29, 0.717) is 10.3 Å². The molecule has 4 aromatic rings. The number of hydrogen-bond acceptors (Lipinski definition) is 5. The number of carbonyl (C=O) groups excluding carboxylic acids is 1. The topological polar surface area (TPSA) is 89.5 Å². The number of benzene rings is 2. The van der Waals surface area contributed by atoms with E-state index in [1.165, 1.54) is 34.6 Å². The van der Waals surface area contributed by atoms with Gasteiger partial charge in [0, 0.05) is 44.9 Å². The highest BCUT2D eigenvalue weighted by molar-refractivity contribution is 7.20. The van der Waals surface area contributed by atoms with E-state index in [1.54, 1.807) is 18.3 Å². The van der Waals surface area contributed by atoms with Crippen molar-refractivity contribution in [2.24, 2.45) is 5.10 Å². The Kier molecular flexibility index (Phi) is 5.63. The van der Waals surface area contributed by atoms with Crippen LogP contribution >= 0.6 is 11.3 Å². The normalized spacial score (nSPS) is 11.4. The van der Waals surface area contributed by atoms with Gasteiger partial charge in [0.1, 0.15) is 0 Å². The predicted molar refractivity (Wildman–Crippen MR) is 128 cm³/mol. The maximum absolute atomic E-state index is 12.5. The molecule has 7 nitrogen and oxygen atoms in total. The molecule has 8 heteroatoms. The molecule has 2 aromatic heterocycles. The van der Waals surface area contributed by atoms with Gasteiger partial charge in [-0.2, -0.15) is 5.10 Å². The van der Waals surface area contributed by atoms with Gasteiger partial charge in [0.15, 0.2) is 0 Å². The second kappa shape index (κ2) is 8.39. The summed E-state index contributed by atoms with van der Waals surface area (Å²) >= 11 is 1.27. The summed E-state index contributed by atoms with van der Waals surface area (Å²) in [4.78, 5) is 23.5. The second-order valence-electron chi connectivity index (χ2n) is 7.72. The molecule has 0 spiro atoms. The second-order valence-corrected chi connectivity index (χ2v) is 8.80. The molecule has 0 bridgehead atoms. The van der Waals surface area contributed by atoms with Crippen LogP contribution in [0.1, 0.15) is 37.7 Å². The third kappa shape index (κ3) is 4.04. The van der Waals surface area contributed by atoms with Crippen molar-refractivity contribution in [3.8, 4) is 5.69 Å². The van der Waals surface area contributed by atoms with Crippen LogP contribution in [0.15, 0.2) is 53.6 Å². The molecule has 0 radical (unpaired) electrons. The Morgan fingerprint density at radius 2 is 1.84 bits per heavy atom. The van der Waals surface area contributed by atoms with Crippen molar-refractivity contribution in [1.29, 1.82) is 0 Å². The summed E-state index contributed by atoms with van der Waals surface area (Å²) in [6.45, 7) is 8.24. The molecular formula is C24H22N4O3S. The summed E-state index contributed by atoms with van der Waals surface area (Å²) in [5, 5.41) is 15.7. The van der Waals surface area contributed by atoms with Crippen LogP contribution in [0.5, 0.6) is 0 Å². The lowest BCUT2D eigenvalue weighted by molar-refractivity contribution is -0.384. The van der Waals surface area contributed by atoms with Crippen LogP contribution in [0, 0.1) is 37.8 Å². The summed E-state index contributed by atoms with van der Waals surface area (Å²) in [5.41, 5.74) is 9.13. The number of thiophene rings is 1. The van der Waals surface area contributed by atoms with Gasteiger partial charge < -0.3 is 4.57 Å². The van der Waals surface area contributed by atoms with Crippen molar-refractivity contribution >= 4 is 39.2 Å². The van der Waals surface area contributed by atoms with Gasteiger partial charge in [0.25, 0.3) is 11.6 Å². The number of nitro groups is 1. The fourth-order valence-electron chi connectivity index (χ4n) is 3.65. The van der Waals surface area contributed by atoms with E-state index < -0.39 is 4.92 Å². The number of fused-ring (bicyclic) bond motifs is 1. The van der Waals surface area contributed by atoms with Crippen LogP contribution in [0.4, 0.5) is 5.69 Å². The first-order valence-corrected chi connectivity index (χ1v) is 10.8. The fraction of sp³-hybridized carbons (Fsp3) is 0.167. The average molecular weight is 447 g/mol. The number of hydrazone groups is 1. The molecule has 1 amide bonds. The number of rotatable bonds is 5. The van der Waals surface area contributed by atoms with E-state index in [-0.39, 0.29) is 11.6 Å². The maximum Gasteiger partial charge on any atom is 0.281 e. The molecule has 0 saturated carbocycles. The van der Waals surface area contributed by atoms with Crippen molar-refractivity contribution in [3.05, 3.63) is 91.6 Å². The van der Waals surface area contributed by atoms with Gasteiger partial charge in [-0.15, -0.1) is 11.3 Å². The number of carbonyl (C=O) groups is 1. The largest absolute Gasteiger partial charge is 0.318 e. The standard InChI is InChI=1S/C24H22N4O3S/c1-14-5-6-20(9-15(14)2)27-16(3)10-19(17(27)4)13-25-26-24(29)23-12-18-11-21(28(30)31)7-8-22(18)32-23/h5-13H,1-4H3,(H,26,29). The molecule has 0 unspecified atom stereocenters. The van der Waals surface area contributed by atoms with Gasteiger partial charge in [-0.1, -0.05) is 6.07 Å². The highest BCUT2D eigenvalue weighted by atomic mass is 32.1. The minimum atomic E-state index is -0.449. The third-order valence-electron chi connectivity index (χ3n) is 5.52. The van der Waals surface area contributed by atoms with Crippen LogP contribution in [0.2, 0.25) is 0 Å². The molecule has 2 aromatic carbocycles. The Bertz CT molecular complexity index is 1400. The first kappa shape index (κ1) is 21.5. The summed E-state index contributed by atoms with van der Waals surface area (Å²) in [7, 11) is 0. The van der Waals surface area contributed by atoms with Crippen molar-refractivity contribution in [3.63, 3.8) is 0 Å². The van der Waals surface area contributed by atoms with E-state index in [2.05, 4.69) is 47.1 Å². The Morgan fingerprint density at radius 3 is 2.56 bits per heavy atom. The minimum Gasteiger partial charge on any atom is -0.318 e. The molecule has 0 aliphatic rings. The van der Waals surface area contributed by atoms with Crippen LogP contribution in [-0.2, 0) is 0 Å². The number of nitrogens with zero attached hydrogens (tertiary/aromatic N) is 3. The quantitative estimate of drug-likeness (QED) is 0.246. The number of hydrogen-bond donors (Lipinski definition) is 1. The summed E-state index contributed by atoms with van der Waals surface area (Å²) in [6.07, 6.45) is 1.63. The zero-order chi connectivity index (χ0) is 23.0. The van der Waals surface area contributed by atoms with Gasteiger partial charge in [-0.25, -0.2) is 5.43 Å². The monoisotopic (exact) mass is 446 g/mol. The lowest BCUT2D eigenvalue weighted by Crippen LogP contribution is -2.16. The first-order valence-electron chi connectivity index (χ1n) is 10.0. The molecule has 0 fully saturated rings. The fourth-order valence-corrected chi connectivity index (χ4v) is 4.59. The number of aromatic nitrogens is 1. The van der Waals surface area contributed by atoms with E-state index in [9.17, 15) is 14.9 Å². The van der Waals surface area contributed by atoms with Crippen LogP contribution in [0.25, 0.3) is 15.8 Å². The highest BCUT2D eigenvalue weighted by Gasteiger charge is 2.14. The molecule has 0 atom stereocenters. The Labute approximate surface area is 189 Å². The maximum atomic E-state index is 12.5. The Morgan fingerprint density at radius 1 is 1.06 bits per heavy atom. The molecule has 0 saturated heterocycles. The zero-order valence-electron chi connectivity index (χ0n) is 18.2. The summed E-state index contributed by atoms with van der Waals surface area (Å²) in [6, 6.07) is 14.6. The molecule has 2 heterocycles. The van der Waals surface area contributed by atoms with E-state index in [0.717, 1.165) is 27.3 Å². The molecule has 1 N–H and O–H groups in total. The van der Waals surface area contributed by atoms with E-state index in [4.69, 9.17) is 0 Å². The average Bonchev–Trinajstić information content (AvgIpc) is 3.30. The van der Waals surface area contributed by atoms with Crippen molar-refractivity contribution < 1.29 is 9.72 Å². The Balaban J connectivity index is 1.53. The lowest BCUT2D eigenvalue weighted by Gasteiger charge is -2.11. The minimum absolute atomic E-state index is 0.000550. The predicted octanol–water partition coefficient (Wildman–Crippen LogP) is 5.60. The first-order chi connectivity index (χ1) is 15.2. The SMILES string of the molecule is Cc1ccc(-n2c(C)cc(C=NNC(=O)c3cc4cc([N+](=O)[O-])ccc4s3)c2C)cc1C. The van der Waals surface area contributed by atoms with Crippen LogP contribution in [0.3, 0.4) is 0 Å². The molecule has 4 rings (SSSR count). The van der Waals surface area contributed by atoms with Crippen molar-refractivity contribution in [1.82, 2.24) is 9.99 Å². The number of nitrogens with one attached hydrogen (secondary N) is 1. The van der Waals surface area contributed by atoms with Crippen molar-refractivity contribution in [2.75, 3.05) is 0 Å². The van der Waals surface area contributed by atoms with Gasteiger partial charge in [0.2, 0.25) is 0 Å². The number of aryl methyl sites for hydroxylation is 3. The summed E-state index contributed by atoms with van der Waals surface area (Å²) < 4.78 is 2.97.